The summed E-state index contributed by atoms with van der Waals surface area (Å²) < 4.78 is 15.6. The van der Waals surface area contributed by atoms with Gasteiger partial charge in [0.05, 0.1) is 23.6 Å². The first-order valence-corrected chi connectivity index (χ1v) is 14.4. The van der Waals surface area contributed by atoms with E-state index in [-0.39, 0.29) is 23.7 Å². The Balaban J connectivity index is 1.20. The molecule has 218 valence electrons. The minimum absolute atomic E-state index is 0.223. The van der Waals surface area contributed by atoms with Gasteiger partial charge in [-0.3, -0.25) is 4.98 Å². The monoisotopic (exact) mass is 568 g/mol. The molecule has 11 nitrogen and oxygen atoms in total. The third-order valence-corrected chi connectivity index (χ3v) is 8.47. The number of ether oxygens (including phenoxy) is 2. The average Bonchev–Trinajstić information content (AvgIpc) is 3.54. The van der Waals surface area contributed by atoms with E-state index < -0.39 is 5.60 Å². The number of fused-ring (bicyclic) bond motifs is 1. The summed E-state index contributed by atoms with van der Waals surface area (Å²) in [7, 11) is 0. The van der Waals surface area contributed by atoms with Crippen LogP contribution in [0.2, 0.25) is 0 Å². The molecule has 1 saturated carbocycles. The zero-order valence-corrected chi connectivity index (χ0v) is 24.7. The molecule has 1 aliphatic heterocycles. The highest BCUT2D eigenvalue weighted by atomic mass is 16.6. The number of pyridine rings is 2. The van der Waals surface area contributed by atoms with E-state index in [1.54, 1.807) is 16.9 Å². The van der Waals surface area contributed by atoms with Crippen LogP contribution in [0.3, 0.4) is 0 Å². The van der Waals surface area contributed by atoms with Gasteiger partial charge in [0, 0.05) is 31.0 Å². The number of carbonyl (C=O) groups is 1. The van der Waals surface area contributed by atoms with Crippen molar-refractivity contribution in [2.45, 2.75) is 78.0 Å². The number of aromatic nitrogens is 6. The second-order valence-corrected chi connectivity index (χ2v) is 12.6. The van der Waals surface area contributed by atoms with E-state index in [2.05, 4.69) is 26.5 Å². The lowest BCUT2D eigenvalue weighted by Crippen LogP contribution is -2.50. The van der Waals surface area contributed by atoms with Gasteiger partial charge in [0.2, 0.25) is 0 Å². The van der Waals surface area contributed by atoms with E-state index in [0.717, 1.165) is 61.4 Å². The smallest absolute Gasteiger partial charge is 0.410 e. The van der Waals surface area contributed by atoms with Crippen LogP contribution in [-0.2, 0) is 4.74 Å². The number of rotatable bonds is 5. The van der Waals surface area contributed by atoms with Gasteiger partial charge in [0.1, 0.15) is 40.3 Å². The van der Waals surface area contributed by atoms with Gasteiger partial charge in [0.15, 0.2) is 0 Å². The predicted octanol–water partition coefficient (Wildman–Crippen LogP) is 5.66. The average molecular weight is 569 g/mol. The lowest BCUT2D eigenvalue weighted by atomic mass is 9.60. The van der Waals surface area contributed by atoms with Gasteiger partial charge in [-0.1, -0.05) is 11.3 Å². The predicted molar refractivity (Wildman–Crippen MR) is 155 cm³/mol. The molecule has 0 unspecified atom stereocenters. The quantitative estimate of drug-likeness (QED) is 0.302. The number of nitrogens with zero attached hydrogens (tertiary/aromatic N) is 8. The second-order valence-electron chi connectivity index (χ2n) is 12.6. The van der Waals surface area contributed by atoms with E-state index in [4.69, 9.17) is 9.47 Å². The number of likely N-dealkylation sites (tertiary alicyclic amines) is 1. The molecule has 1 atom stereocenters. The molecule has 5 heterocycles. The highest BCUT2D eigenvalue weighted by molar-refractivity contribution is 5.75. The standard InChI is InChI=1S/C31H36N8O3/c1-20-27(35-36-39(20)24-15-31(16-24)9-12-37(13-10-31)29(40)42-30(3,4)5)22-14-26(28-23(17-32)18-34-38(28)19-22)41-21(2)25-8-6-7-11-33-25/h6-8,11,14,18-19,21,24H,9-10,12-13,15-16H2,1-5H3/t21-/m1/s1. The fraction of sp³-hybridized carbons (Fsp3) is 0.484. The number of piperidine rings is 1. The van der Waals surface area contributed by atoms with Crippen LogP contribution in [0.15, 0.2) is 42.9 Å². The summed E-state index contributed by atoms with van der Waals surface area (Å²) in [6.45, 7) is 11.1. The zero-order valence-electron chi connectivity index (χ0n) is 24.7. The summed E-state index contributed by atoms with van der Waals surface area (Å²) in [5.41, 5.74) is 4.10. The van der Waals surface area contributed by atoms with Crippen molar-refractivity contribution in [3.63, 3.8) is 0 Å². The SMILES string of the molecule is Cc1c(-c2cc(O[C@H](C)c3ccccn3)c3c(C#N)cnn3c2)nnn1C1CC2(CCN(C(=O)OC(C)(C)C)CC2)C1. The van der Waals surface area contributed by atoms with Gasteiger partial charge in [-0.2, -0.15) is 10.4 Å². The molecule has 2 aliphatic rings. The molecular weight excluding hydrogens is 532 g/mol. The molecule has 0 aromatic carbocycles. The topological polar surface area (TPSA) is 123 Å². The molecule has 42 heavy (non-hydrogen) atoms. The lowest BCUT2D eigenvalue weighted by molar-refractivity contribution is -0.0265. The van der Waals surface area contributed by atoms with E-state index >= 15 is 0 Å². The van der Waals surface area contributed by atoms with Crippen molar-refractivity contribution in [3.8, 4) is 23.1 Å². The van der Waals surface area contributed by atoms with Crippen LogP contribution in [0.1, 0.15) is 82.5 Å². The summed E-state index contributed by atoms with van der Waals surface area (Å²) >= 11 is 0. The minimum atomic E-state index is -0.486. The molecule has 1 saturated heterocycles. The first kappa shape index (κ1) is 27.7. The van der Waals surface area contributed by atoms with E-state index in [0.29, 0.717) is 16.8 Å². The Kier molecular flexibility index (Phi) is 6.87. The van der Waals surface area contributed by atoms with Crippen molar-refractivity contribution in [2.24, 2.45) is 5.41 Å². The number of amides is 1. The van der Waals surface area contributed by atoms with Gasteiger partial charge < -0.3 is 14.4 Å². The molecule has 1 amide bonds. The Morgan fingerprint density at radius 2 is 1.98 bits per heavy atom. The van der Waals surface area contributed by atoms with Crippen LogP contribution in [-0.4, -0.2) is 59.3 Å². The van der Waals surface area contributed by atoms with Crippen LogP contribution in [0.5, 0.6) is 5.75 Å². The van der Waals surface area contributed by atoms with E-state index in [1.807, 2.05) is 74.7 Å². The third kappa shape index (κ3) is 5.17. The molecule has 1 spiro atoms. The fourth-order valence-electron chi connectivity index (χ4n) is 6.22. The zero-order chi connectivity index (χ0) is 29.6. The molecule has 0 radical (unpaired) electrons. The van der Waals surface area contributed by atoms with Crippen LogP contribution in [0.25, 0.3) is 16.8 Å². The lowest BCUT2D eigenvalue weighted by Gasteiger charge is -2.52. The van der Waals surface area contributed by atoms with Crippen LogP contribution >= 0.6 is 0 Å². The van der Waals surface area contributed by atoms with Gasteiger partial charge in [0.25, 0.3) is 0 Å². The summed E-state index contributed by atoms with van der Waals surface area (Å²) in [5.74, 6) is 0.535. The number of hydrogen-bond donors (Lipinski definition) is 0. The van der Waals surface area contributed by atoms with Gasteiger partial charge in [-0.25, -0.2) is 14.0 Å². The van der Waals surface area contributed by atoms with Gasteiger partial charge in [-0.05, 0) is 83.9 Å². The van der Waals surface area contributed by atoms with Crippen molar-refractivity contribution < 1.29 is 14.3 Å². The molecule has 1 aliphatic carbocycles. The van der Waals surface area contributed by atoms with Crippen molar-refractivity contribution in [1.82, 2.24) is 34.5 Å². The van der Waals surface area contributed by atoms with Crippen molar-refractivity contribution in [1.29, 1.82) is 5.26 Å². The maximum Gasteiger partial charge on any atom is 0.410 e. The first-order valence-electron chi connectivity index (χ1n) is 14.4. The van der Waals surface area contributed by atoms with Crippen molar-refractivity contribution >= 4 is 11.6 Å². The molecule has 6 rings (SSSR count). The molecule has 2 fully saturated rings. The highest BCUT2D eigenvalue weighted by Gasteiger charge is 2.48. The molecule has 4 aromatic rings. The fourth-order valence-corrected chi connectivity index (χ4v) is 6.22. The number of carbonyl (C=O) groups excluding carboxylic acids is 1. The van der Waals surface area contributed by atoms with Crippen molar-refractivity contribution in [2.75, 3.05) is 13.1 Å². The van der Waals surface area contributed by atoms with Gasteiger partial charge >= 0.3 is 6.09 Å². The van der Waals surface area contributed by atoms with Gasteiger partial charge in [-0.15, -0.1) is 5.10 Å². The Bertz CT molecular complexity index is 1650. The maximum absolute atomic E-state index is 12.5. The Hall–Kier alpha value is -4.46. The van der Waals surface area contributed by atoms with Crippen LogP contribution < -0.4 is 4.74 Å². The van der Waals surface area contributed by atoms with E-state index in [9.17, 15) is 10.1 Å². The molecule has 4 aromatic heterocycles. The Morgan fingerprint density at radius 3 is 2.64 bits per heavy atom. The molecule has 0 bridgehead atoms. The number of nitriles is 1. The minimum Gasteiger partial charge on any atom is -0.482 e. The normalized spacial score (nSPS) is 17.6. The molecule has 11 heteroatoms. The Labute approximate surface area is 245 Å². The largest absolute Gasteiger partial charge is 0.482 e. The summed E-state index contributed by atoms with van der Waals surface area (Å²) in [5, 5.41) is 23.3. The maximum atomic E-state index is 12.5. The van der Waals surface area contributed by atoms with Crippen molar-refractivity contribution in [3.05, 3.63) is 59.8 Å². The highest BCUT2D eigenvalue weighted by Crippen LogP contribution is 2.55. The summed E-state index contributed by atoms with van der Waals surface area (Å²) in [6, 6.07) is 10.1. The molecule has 0 N–H and O–H groups in total. The van der Waals surface area contributed by atoms with Crippen LogP contribution in [0, 0.1) is 23.7 Å². The summed E-state index contributed by atoms with van der Waals surface area (Å²) in [6.07, 6.45) is 8.54. The second kappa shape index (κ2) is 10.4. The van der Waals surface area contributed by atoms with E-state index in [1.165, 1.54) is 0 Å². The number of hydrogen-bond acceptors (Lipinski definition) is 8. The third-order valence-electron chi connectivity index (χ3n) is 8.47. The summed E-state index contributed by atoms with van der Waals surface area (Å²) in [4.78, 5) is 18.8. The molecular formula is C31H36N8O3. The van der Waals surface area contributed by atoms with Crippen LogP contribution in [0.4, 0.5) is 4.79 Å². The Morgan fingerprint density at radius 1 is 1.21 bits per heavy atom. The first-order chi connectivity index (χ1) is 20.1.